The van der Waals surface area contributed by atoms with E-state index in [1.54, 1.807) is 6.07 Å². The Balaban J connectivity index is 1.46. The van der Waals surface area contributed by atoms with Gasteiger partial charge in [-0.1, -0.05) is 6.07 Å². The molecule has 1 aromatic carbocycles. The Morgan fingerprint density at radius 3 is 2.34 bits per heavy atom. The van der Waals surface area contributed by atoms with Crippen LogP contribution in [0.2, 0.25) is 0 Å². The van der Waals surface area contributed by atoms with Gasteiger partial charge in [-0.15, -0.1) is 0 Å². The number of carbonyl (C=O) groups is 1. The van der Waals surface area contributed by atoms with Crippen LogP contribution < -0.4 is 4.74 Å². The second kappa shape index (κ2) is 10.6. The highest BCUT2D eigenvalue weighted by Crippen LogP contribution is 2.27. The largest absolute Gasteiger partial charge is 0.504 e. The summed E-state index contributed by atoms with van der Waals surface area (Å²) in [6, 6.07) is 4.49. The zero-order valence-corrected chi connectivity index (χ0v) is 17.1. The smallest absolute Gasteiger partial charge is 0.330 e. The number of benzene rings is 1. The van der Waals surface area contributed by atoms with Crippen molar-refractivity contribution >= 4 is 12.0 Å². The van der Waals surface area contributed by atoms with E-state index < -0.39 is 55.2 Å². The number of hydrogen-bond acceptors (Lipinski definition) is 12. The third-order valence-corrected chi connectivity index (χ3v) is 5.09. The first kappa shape index (κ1) is 24.4. The summed E-state index contributed by atoms with van der Waals surface area (Å²) in [5.74, 6) is -0.545. The Morgan fingerprint density at radius 2 is 1.69 bits per heavy atom. The maximum absolute atomic E-state index is 11.9. The summed E-state index contributed by atoms with van der Waals surface area (Å²) in [6.07, 6.45) is -8.21. The lowest BCUT2D eigenvalue weighted by Gasteiger charge is -2.19. The Morgan fingerprint density at radius 1 is 1.00 bits per heavy atom. The van der Waals surface area contributed by atoms with Gasteiger partial charge in [0, 0.05) is 6.08 Å². The molecule has 0 radical (unpaired) electrons. The minimum atomic E-state index is -1.57. The topological polar surface area (TPSA) is 185 Å². The molecule has 3 rings (SSSR count). The van der Waals surface area contributed by atoms with Gasteiger partial charge in [-0.25, -0.2) is 4.79 Å². The molecule has 178 valence electrons. The lowest BCUT2D eigenvalue weighted by molar-refractivity contribution is -0.199. The van der Waals surface area contributed by atoms with Gasteiger partial charge in [0.2, 0.25) is 0 Å². The van der Waals surface area contributed by atoms with E-state index >= 15 is 0 Å². The highest BCUT2D eigenvalue weighted by Gasteiger charge is 2.46. The Bertz CT molecular complexity index is 814. The minimum Gasteiger partial charge on any atom is -0.504 e. The molecule has 2 fully saturated rings. The van der Waals surface area contributed by atoms with Crippen molar-refractivity contribution < 1.29 is 59.1 Å². The number of hydrogen-bond donors (Lipinski definition) is 6. The van der Waals surface area contributed by atoms with Gasteiger partial charge in [0.05, 0.1) is 13.7 Å². The molecule has 2 aliphatic heterocycles. The third-order valence-electron chi connectivity index (χ3n) is 5.09. The predicted molar refractivity (Wildman–Crippen MR) is 104 cm³/mol. The number of methoxy groups -OCH3 is 1. The number of phenols is 1. The summed E-state index contributed by atoms with van der Waals surface area (Å²) < 4.78 is 25.6. The molecule has 0 bridgehead atoms. The molecule has 0 amide bonds. The normalized spacial score (nSPS) is 34.8. The van der Waals surface area contributed by atoms with E-state index in [0.29, 0.717) is 5.56 Å². The number of rotatable bonds is 8. The van der Waals surface area contributed by atoms with E-state index in [1.807, 2.05) is 0 Å². The Labute approximate surface area is 182 Å². The first-order chi connectivity index (χ1) is 15.2. The Hall–Kier alpha value is -2.29. The number of carbonyl (C=O) groups excluding carboxylic acids is 1. The van der Waals surface area contributed by atoms with Crippen LogP contribution in [-0.2, 0) is 23.7 Å². The van der Waals surface area contributed by atoms with Crippen LogP contribution in [0.15, 0.2) is 24.3 Å². The molecular formula is C20H26O12. The standard InChI is InChI=1S/C20H26O12/c1-28-11-6-9(2-4-10(11)21)3-5-14(22)29-7-13-16(24)18(26)20(32-13)30-8-12-15(23)17(25)19(27)31-12/h2-6,12-13,15-21,23-27H,7-8H2,1H3/b5-3+/t12-,13-,15-,16-,17+,18+,19?,20+/m0/s1. The van der Waals surface area contributed by atoms with Crippen molar-refractivity contribution in [2.75, 3.05) is 20.3 Å². The summed E-state index contributed by atoms with van der Waals surface area (Å²) in [6.45, 7) is -0.713. The van der Waals surface area contributed by atoms with E-state index in [-0.39, 0.29) is 24.7 Å². The van der Waals surface area contributed by atoms with E-state index in [1.165, 1.54) is 25.3 Å². The van der Waals surface area contributed by atoms with Gasteiger partial charge in [0.15, 0.2) is 24.1 Å². The summed E-state index contributed by atoms with van der Waals surface area (Å²) >= 11 is 0. The average Bonchev–Trinajstić information content (AvgIpc) is 3.19. The van der Waals surface area contributed by atoms with Gasteiger partial charge < -0.3 is 54.3 Å². The molecule has 6 N–H and O–H groups in total. The average molecular weight is 458 g/mol. The molecule has 0 spiro atoms. The molecule has 2 aliphatic rings. The number of aliphatic hydroxyl groups is 5. The molecule has 12 nitrogen and oxygen atoms in total. The second-order valence-corrected chi connectivity index (χ2v) is 7.30. The number of aliphatic hydroxyl groups excluding tert-OH is 5. The molecule has 0 aliphatic carbocycles. The molecule has 2 saturated heterocycles. The van der Waals surface area contributed by atoms with Crippen molar-refractivity contribution in [1.82, 2.24) is 0 Å². The van der Waals surface area contributed by atoms with Crippen LogP contribution in [0.5, 0.6) is 11.5 Å². The van der Waals surface area contributed by atoms with Gasteiger partial charge in [0.1, 0.15) is 43.2 Å². The van der Waals surface area contributed by atoms with Crippen molar-refractivity contribution in [2.24, 2.45) is 0 Å². The lowest BCUT2D eigenvalue weighted by atomic mass is 10.1. The SMILES string of the molecule is COc1cc(/C=C/C(=O)OC[C@@H]2O[C@@H](OC[C@@H]3OC(O)[C@H](O)[C@H]3O)[C@H](O)[C@H]2O)ccc1O. The highest BCUT2D eigenvalue weighted by molar-refractivity contribution is 5.87. The monoisotopic (exact) mass is 458 g/mol. The number of esters is 1. The minimum absolute atomic E-state index is 0.0451. The maximum Gasteiger partial charge on any atom is 0.330 e. The van der Waals surface area contributed by atoms with Crippen LogP contribution >= 0.6 is 0 Å². The van der Waals surface area contributed by atoms with Crippen molar-refractivity contribution in [2.45, 2.75) is 49.2 Å². The van der Waals surface area contributed by atoms with Crippen molar-refractivity contribution in [3.8, 4) is 11.5 Å². The number of ether oxygens (including phenoxy) is 5. The first-order valence-corrected chi connectivity index (χ1v) is 9.76. The first-order valence-electron chi connectivity index (χ1n) is 9.76. The molecule has 2 heterocycles. The molecular weight excluding hydrogens is 432 g/mol. The molecule has 12 heteroatoms. The number of aromatic hydroxyl groups is 1. The van der Waals surface area contributed by atoms with Crippen LogP contribution in [0.4, 0.5) is 0 Å². The summed E-state index contributed by atoms with van der Waals surface area (Å²) in [7, 11) is 1.39. The number of phenolic OH excluding ortho intramolecular Hbond substituents is 1. The quantitative estimate of drug-likeness (QED) is 0.184. The van der Waals surface area contributed by atoms with Crippen LogP contribution in [-0.4, -0.2) is 106 Å². The van der Waals surface area contributed by atoms with Gasteiger partial charge >= 0.3 is 5.97 Å². The van der Waals surface area contributed by atoms with E-state index in [4.69, 9.17) is 23.7 Å². The fraction of sp³-hybridized carbons (Fsp3) is 0.550. The van der Waals surface area contributed by atoms with Crippen molar-refractivity contribution in [3.63, 3.8) is 0 Å². The van der Waals surface area contributed by atoms with Crippen LogP contribution in [0.1, 0.15) is 5.56 Å². The van der Waals surface area contributed by atoms with Crippen molar-refractivity contribution in [1.29, 1.82) is 0 Å². The summed E-state index contributed by atoms with van der Waals surface area (Å²) in [5.41, 5.74) is 0.573. The molecule has 0 saturated carbocycles. The lowest BCUT2D eigenvalue weighted by Crippen LogP contribution is -2.38. The van der Waals surface area contributed by atoms with Crippen LogP contribution in [0.25, 0.3) is 6.08 Å². The zero-order valence-electron chi connectivity index (χ0n) is 17.1. The van der Waals surface area contributed by atoms with E-state index in [9.17, 15) is 35.4 Å². The Kier molecular flexibility index (Phi) is 8.03. The third kappa shape index (κ3) is 5.54. The summed E-state index contributed by atoms with van der Waals surface area (Å²) in [4.78, 5) is 11.9. The molecule has 0 aromatic heterocycles. The van der Waals surface area contributed by atoms with E-state index in [2.05, 4.69) is 0 Å². The van der Waals surface area contributed by atoms with Gasteiger partial charge in [-0.3, -0.25) is 0 Å². The summed E-state index contributed by atoms with van der Waals surface area (Å²) in [5, 5.41) is 58.3. The van der Waals surface area contributed by atoms with Gasteiger partial charge in [-0.2, -0.15) is 0 Å². The van der Waals surface area contributed by atoms with Crippen LogP contribution in [0, 0.1) is 0 Å². The fourth-order valence-corrected chi connectivity index (χ4v) is 3.22. The zero-order chi connectivity index (χ0) is 23.4. The van der Waals surface area contributed by atoms with Crippen molar-refractivity contribution in [3.05, 3.63) is 29.8 Å². The fourth-order valence-electron chi connectivity index (χ4n) is 3.22. The van der Waals surface area contributed by atoms with Gasteiger partial charge in [0.25, 0.3) is 0 Å². The molecule has 1 unspecified atom stereocenters. The van der Waals surface area contributed by atoms with Crippen LogP contribution in [0.3, 0.4) is 0 Å². The second-order valence-electron chi connectivity index (χ2n) is 7.30. The van der Waals surface area contributed by atoms with Gasteiger partial charge in [-0.05, 0) is 23.8 Å². The molecule has 32 heavy (non-hydrogen) atoms. The highest BCUT2D eigenvalue weighted by atomic mass is 16.7. The molecule has 1 aromatic rings. The van der Waals surface area contributed by atoms with E-state index in [0.717, 1.165) is 6.08 Å². The maximum atomic E-state index is 11.9. The molecule has 8 atom stereocenters. The predicted octanol–water partition coefficient (Wildman–Crippen LogP) is -2.14.